The lowest BCUT2D eigenvalue weighted by molar-refractivity contribution is 0.380. The van der Waals surface area contributed by atoms with Gasteiger partial charge in [0.25, 0.3) is 0 Å². The van der Waals surface area contributed by atoms with E-state index >= 15 is 0 Å². The number of rotatable bonds is 5. The van der Waals surface area contributed by atoms with Gasteiger partial charge in [-0.1, -0.05) is 6.42 Å². The molecular formula is C12H19N3S. The van der Waals surface area contributed by atoms with Crippen molar-refractivity contribution in [3.05, 3.63) is 18.3 Å². The van der Waals surface area contributed by atoms with Crippen LogP contribution in [0.25, 0.3) is 0 Å². The Labute approximate surface area is 101 Å². The molecule has 0 saturated heterocycles. The van der Waals surface area contributed by atoms with E-state index in [2.05, 4.69) is 21.9 Å². The van der Waals surface area contributed by atoms with Gasteiger partial charge in [-0.25, -0.2) is 4.98 Å². The van der Waals surface area contributed by atoms with Gasteiger partial charge in [0.1, 0.15) is 5.82 Å². The lowest BCUT2D eigenvalue weighted by Crippen LogP contribution is -2.40. The fraction of sp³-hybridized carbons (Fsp3) is 0.583. The summed E-state index contributed by atoms with van der Waals surface area (Å²) in [4.78, 5) is 4.20. The molecule has 0 bridgehead atoms. The zero-order chi connectivity index (χ0) is 11.4. The average Bonchev–Trinajstić information content (AvgIpc) is 2.29. The van der Waals surface area contributed by atoms with E-state index in [0.717, 1.165) is 18.1 Å². The van der Waals surface area contributed by atoms with E-state index in [9.17, 15) is 0 Å². The number of hydrogen-bond acceptors (Lipinski definition) is 4. The van der Waals surface area contributed by atoms with Crippen molar-refractivity contribution in [3.63, 3.8) is 0 Å². The fourth-order valence-electron chi connectivity index (χ4n) is 1.96. The summed E-state index contributed by atoms with van der Waals surface area (Å²) >= 11 is 1.99. The molecule has 0 aromatic carbocycles. The van der Waals surface area contributed by atoms with E-state index in [1.165, 1.54) is 19.3 Å². The van der Waals surface area contributed by atoms with Crippen molar-refractivity contribution in [2.24, 2.45) is 0 Å². The highest BCUT2D eigenvalue weighted by Gasteiger charge is 2.35. The monoisotopic (exact) mass is 237 g/mol. The Kier molecular flexibility index (Phi) is 3.59. The van der Waals surface area contributed by atoms with Crippen molar-refractivity contribution in [3.8, 4) is 0 Å². The largest absolute Gasteiger partial charge is 0.383 e. The predicted molar refractivity (Wildman–Crippen MR) is 72.4 cm³/mol. The number of pyridine rings is 1. The van der Waals surface area contributed by atoms with E-state index in [0.29, 0.717) is 4.75 Å². The van der Waals surface area contributed by atoms with Crippen molar-refractivity contribution in [2.45, 2.75) is 24.0 Å². The van der Waals surface area contributed by atoms with E-state index in [4.69, 9.17) is 0 Å². The first-order valence-corrected chi connectivity index (χ1v) is 6.93. The molecule has 4 heteroatoms. The first kappa shape index (κ1) is 11.6. The fourth-order valence-corrected chi connectivity index (χ4v) is 2.88. The number of nitrogens with zero attached hydrogens (tertiary/aromatic N) is 1. The van der Waals surface area contributed by atoms with Crippen LogP contribution in [0.5, 0.6) is 0 Å². The highest BCUT2D eigenvalue weighted by molar-refractivity contribution is 8.00. The zero-order valence-electron chi connectivity index (χ0n) is 9.92. The van der Waals surface area contributed by atoms with E-state index < -0.39 is 0 Å². The molecule has 1 heterocycles. The van der Waals surface area contributed by atoms with Gasteiger partial charge in [0.15, 0.2) is 0 Å². The van der Waals surface area contributed by atoms with Crippen LogP contribution in [0.2, 0.25) is 0 Å². The van der Waals surface area contributed by atoms with Gasteiger partial charge >= 0.3 is 0 Å². The maximum atomic E-state index is 4.20. The number of thioether (sulfide) groups is 1. The first-order chi connectivity index (χ1) is 7.78. The van der Waals surface area contributed by atoms with Gasteiger partial charge in [-0.3, -0.25) is 0 Å². The Morgan fingerprint density at radius 1 is 1.50 bits per heavy atom. The van der Waals surface area contributed by atoms with Gasteiger partial charge in [0.2, 0.25) is 0 Å². The third kappa shape index (κ3) is 2.43. The Hall–Kier alpha value is -0.900. The van der Waals surface area contributed by atoms with Crippen LogP contribution >= 0.6 is 11.8 Å². The van der Waals surface area contributed by atoms with E-state index in [-0.39, 0.29) is 0 Å². The molecular weight excluding hydrogens is 218 g/mol. The molecule has 0 spiro atoms. The molecule has 88 valence electrons. The molecule has 1 aromatic heterocycles. The standard InChI is InChI=1S/C12H19N3S/c1-13-11-8-10(4-7-14-11)15-9-12(16-2)5-3-6-12/h4,7-8H,3,5-6,9H2,1-2H3,(H2,13,14,15). The molecule has 1 fully saturated rings. The summed E-state index contributed by atoms with van der Waals surface area (Å²) in [5.41, 5.74) is 1.15. The molecule has 1 aliphatic rings. The van der Waals surface area contributed by atoms with Crippen LogP contribution in [0, 0.1) is 0 Å². The summed E-state index contributed by atoms with van der Waals surface area (Å²) in [6, 6.07) is 4.07. The van der Waals surface area contributed by atoms with Gasteiger partial charge < -0.3 is 10.6 Å². The van der Waals surface area contributed by atoms with Gasteiger partial charge in [0.05, 0.1) is 0 Å². The number of aromatic nitrogens is 1. The van der Waals surface area contributed by atoms with Gasteiger partial charge in [-0.05, 0) is 25.2 Å². The molecule has 0 atom stereocenters. The van der Waals surface area contributed by atoms with Gasteiger partial charge in [0, 0.05) is 36.3 Å². The Morgan fingerprint density at radius 3 is 2.88 bits per heavy atom. The van der Waals surface area contributed by atoms with E-state index in [1.807, 2.05) is 37.1 Å². The molecule has 0 amide bonds. The maximum absolute atomic E-state index is 4.20. The Bertz CT molecular complexity index is 344. The normalized spacial score (nSPS) is 17.6. The average molecular weight is 237 g/mol. The van der Waals surface area contributed by atoms with Gasteiger partial charge in [-0.15, -0.1) is 0 Å². The minimum Gasteiger partial charge on any atom is -0.383 e. The van der Waals surface area contributed by atoms with Crippen molar-refractivity contribution in [1.82, 2.24) is 4.98 Å². The third-order valence-corrected chi connectivity index (χ3v) is 4.75. The van der Waals surface area contributed by atoms with Crippen LogP contribution in [-0.4, -0.2) is 29.6 Å². The van der Waals surface area contributed by atoms with Crippen molar-refractivity contribution < 1.29 is 0 Å². The Morgan fingerprint density at radius 2 is 2.31 bits per heavy atom. The highest BCUT2D eigenvalue weighted by atomic mass is 32.2. The summed E-state index contributed by atoms with van der Waals surface area (Å²) in [5.74, 6) is 0.914. The van der Waals surface area contributed by atoms with Crippen LogP contribution in [0.1, 0.15) is 19.3 Å². The molecule has 1 aromatic rings. The Balaban J connectivity index is 1.93. The maximum Gasteiger partial charge on any atom is 0.127 e. The van der Waals surface area contributed by atoms with Crippen LogP contribution in [0.4, 0.5) is 11.5 Å². The second-order valence-electron chi connectivity index (χ2n) is 4.27. The van der Waals surface area contributed by atoms with Crippen LogP contribution < -0.4 is 10.6 Å². The van der Waals surface area contributed by atoms with Crippen LogP contribution in [-0.2, 0) is 0 Å². The summed E-state index contributed by atoms with van der Waals surface area (Å²) in [7, 11) is 1.89. The van der Waals surface area contributed by atoms with Crippen molar-refractivity contribution in [1.29, 1.82) is 0 Å². The minimum absolute atomic E-state index is 0.475. The van der Waals surface area contributed by atoms with Crippen LogP contribution in [0.15, 0.2) is 18.3 Å². The second kappa shape index (κ2) is 4.95. The number of hydrogen-bond donors (Lipinski definition) is 2. The van der Waals surface area contributed by atoms with Crippen molar-refractivity contribution in [2.75, 3.05) is 30.5 Å². The first-order valence-electron chi connectivity index (χ1n) is 5.71. The molecule has 0 radical (unpaired) electrons. The molecule has 1 aliphatic carbocycles. The van der Waals surface area contributed by atoms with E-state index in [1.54, 1.807) is 0 Å². The van der Waals surface area contributed by atoms with Crippen LogP contribution in [0.3, 0.4) is 0 Å². The summed E-state index contributed by atoms with van der Waals surface area (Å²) in [6.45, 7) is 1.06. The predicted octanol–water partition coefficient (Wildman–Crippen LogP) is 2.82. The molecule has 1 saturated carbocycles. The number of nitrogens with one attached hydrogen (secondary N) is 2. The molecule has 2 N–H and O–H groups in total. The highest BCUT2D eigenvalue weighted by Crippen LogP contribution is 2.42. The topological polar surface area (TPSA) is 37.0 Å². The smallest absolute Gasteiger partial charge is 0.127 e. The lowest BCUT2D eigenvalue weighted by atomic mass is 9.84. The number of anilines is 2. The van der Waals surface area contributed by atoms with Crippen molar-refractivity contribution >= 4 is 23.3 Å². The zero-order valence-corrected chi connectivity index (χ0v) is 10.7. The quantitative estimate of drug-likeness (QED) is 0.825. The van der Waals surface area contributed by atoms with Gasteiger partial charge in [-0.2, -0.15) is 11.8 Å². The summed E-state index contributed by atoms with van der Waals surface area (Å²) < 4.78 is 0.475. The molecule has 3 nitrogen and oxygen atoms in total. The molecule has 16 heavy (non-hydrogen) atoms. The summed E-state index contributed by atoms with van der Waals surface area (Å²) in [5, 5.41) is 6.56. The summed E-state index contributed by atoms with van der Waals surface area (Å²) in [6.07, 6.45) is 8.10. The second-order valence-corrected chi connectivity index (χ2v) is 5.55. The molecule has 0 unspecified atom stereocenters. The lowest BCUT2D eigenvalue weighted by Gasteiger charge is -2.40. The SMILES string of the molecule is CNc1cc(NCC2(SC)CCC2)ccn1. The minimum atomic E-state index is 0.475. The third-order valence-electron chi connectivity index (χ3n) is 3.33. The molecule has 2 rings (SSSR count). The molecule has 0 aliphatic heterocycles.